The summed E-state index contributed by atoms with van der Waals surface area (Å²) in [5.74, 6) is 0.622. The Morgan fingerprint density at radius 2 is 1.90 bits per heavy atom. The molecule has 0 spiro atoms. The van der Waals surface area contributed by atoms with Crippen molar-refractivity contribution in [2.24, 2.45) is 0 Å². The van der Waals surface area contributed by atoms with Crippen molar-refractivity contribution in [3.05, 3.63) is 0 Å². The number of thioether (sulfide) groups is 1. The molecule has 0 unspecified atom stereocenters. The smallest absolute Gasteiger partial charge is 0.156 e. The van der Waals surface area contributed by atoms with Gasteiger partial charge >= 0.3 is 0 Å². The quantitative estimate of drug-likeness (QED) is 0.470. The highest BCUT2D eigenvalue weighted by atomic mass is 32.2. The van der Waals surface area contributed by atoms with Crippen molar-refractivity contribution < 1.29 is 0 Å². The second-order valence-corrected chi connectivity index (χ2v) is 3.23. The first-order chi connectivity index (χ1) is 4.54. The lowest BCUT2D eigenvalue weighted by molar-refractivity contribution is 0.632. The first-order valence-electron chi connectivity index (χ1n) is 2.96. The molecular weight excluding hydrogens is 146 g/mol. The zero-order chi connectivity index (χ0) is 8.15. The average molecular weight is 159 g/mol. The van der Waals surface area contributed by atoms with E-state index in [-0.39, 0.29) is 0 Å². The van der Waals surface area contributed by atoms with Gasteiger partial charge in [-0.2, -0.15) is 0 Å². The van der Waals surface area contributed by atoms with Crippen LogP contribution in [0.2, 0.25) is 0 Å². The Morgan fingerprint density at radius 1 is 1.40 bits per heavy atom. The normalized spacial score (nSPS) is 9.10. The van der Waals surface area contributed by atoms with Gasteiger partial charge in [0.25, 0.3) is 0 Å². The van der Waals surface area contributed by atoms with Gasteiger partial charge in [-0.3, -0.25) is 5.41 Å². The van der Waals surface area contributed by atoms with Gasteiger partial charge in [0.05, 0.1) is 0 Å². The third-order valence-corrected chi connectivity index (χ3v) is 2.05. The molecule has 0 radical (unpaired) electrons. The van der Waals surface area contributed by atoms with E-state index in [4.69, 9.17) is 10.8 Å². The fraction of sp³-hybridized carbons (Fsp3) is 0.667. The van der Waals surface area contributed by atoms with E-state index < -0.39 is 0 Å². The maximum atomic E-state index is 7.33. The van der Waals surface area contributed by atoms with Gasteiger partial charge in [0, 0.05) is 25.6 Å². The van der Waals surface area contributed by atoms with Crippen LogP contribution in [0.4, 0.5) is 0 Å². The molecule has 0 aromatic carbocycles. The van der Waals surface area contributed by atoms with Crippen molar-refractivity contribution in [1.82, 2.24) is 4.90 Å². The van der Waals surface area contributed by atoms with E-state index >= 15 is 0 Å². The highest BCUT2D eigenvalue weighted by Gasteiger charge is 1.98. The van der Waals surface area contributed by atoms with Gasteiger partial charge in [-0.25, -0.2) is 0 Å². The monoisotopic (exact) mass is 159 g/mol. The van der Waals surface area contributed by atoms with Gasteiger partial charge in [-0.05, 0) is 6.92 Å². The van der Waals surface area contributed by atoms with E-state index in [1.54, 1.807) is 11.8 Å². The van der Waals surface area contributed by atoms with Crippen LogP contribution in [0.15, 0.2) is 0 Å². The van der Waals surface area contributed by atoms with Gasteiger partial charge in [0.15, 0.2) is 5.17 Å². The Morgan fingerprint density at radius 3 is 2.20 bits per heavy atom. The van der Waals surface area contributed by atoms with E-state index in [0.717, 1.165) is 0 Å². The van der Waals surface area contributed by atoms with E-state index in [9.17, 15) is 0 Å². The topological polar surface area (TPSA) is 50.9 Å². The zero-order valence-corrected chi connectivity index (χ0v) is 7.38. The minimum atomic E-state index is 0.506. The summed E-state index contributed by atoms with van der Waals surface area (Å²) in [4.78, 5) is 1.73. The number of nitrogens with one attached hydrogen (secondary N) is 2. The number of rotatable bonds is 2. The zero-order valence-electron chi connectivity index (χ0n) is 6.56. The third-order valence-electron chi connectivity index (χ3n) is 0.832. The largest absolute Gasteiger partial charge is 0.358 e. The minimum absolute atomic E-state index is 0.506. The maximum Gasteiger partial charge on any atom is 0.156 e. The van der Waals surface area contributed by atoms with Crippen LogP contribution < -0.4 is 0 Å². The molecule has 0 heterocycles. The van der Waals surface area contributed by atoms with Crippen molar-refractivity contribution in [2.45, 2.75) is 6.92 Å². The summed E-state index contributed by atoms with van der Waals surface area (Å²) in [6.45, 7) is 1.75. The summed E-state index contributed by atoms with van der Waals surface area (Å²) in [5, 5.41) is 14.9. The highest BCUT2D eigenvalue weighted by molar-refractivity contribution is 8.14. The Bertz CT molecular complexity index is 142. The second kappa shape index (κ2) is 4.33. The number of hydrogen-bond acceptors (Lipinski definition) is 3. The molecule has 4 heteroatoms. The molecular formula is C6H13N3S. The van der Waals surface area contributed by atoms with Crippen LogP contribution in [-0.4, -0.2) is 35.6 Å². The van der Waals surface area contributed by atoms with E-state index in [1.165, 1.54) is 11.8 Å². The standard InChI is InChI=1S/C6H13N3S/c1-5(7)4-10-6(8)9(2)3/h7-8H,4H2,1-3H3. The lowest BCUT2D eigenvalue weighted by atomic mass is 10.5. The lowest BCUT2D eigenvalue weighted by Crippen LogP contribution is -2.18. The Labute approximate surface area is 65.8 Å². The number of nitrogens with zero attached hydrogens (tertiary/aromatic N) is 1. The molecule has 0 rings (SSSR count). The van der Waals surface area contributed by atoms with Gasteiger partial charge in [0.1, 0.15) is 0 Å². The highest BCUT2D eigenvalue weighted by Crippen LogP contribution is 2.03. The summed E-state index contributed by atoms with van der Waals surface area (Å²) >= 11 is 1.38. The maximum absolute atomic E-state index is 7.33. The molecule has 0 bridgehead atoms. The van der Waals surface area contributed by atoms with Crippen LogP contribution in [-0.2, 0) is 0 Å². The average Bonchev–Trinajstić information content (AvgIpc) is 1.82. The predicted octanol–water partition coefficient (Wildman–Crippen LogP) is 1.26. The van der Waals surface area contributed by atoms with E-state index in [1.807, 2.05) is 14.1 Å². The van der Waals surface area contributed by atoms with Crippen LogP contribution in [0.5, 0.6) is 0 Å². The summed E-state index contributed by atoms with van der Waals surface area (Å²) in [7, 11) is 3.66. The van der Waals surface area contributed by atoms with E-state index in [0.29, 0.717) is 16.6 Å². The Balaban J connectivity index is 3.50. The fourth-order valence-electron chi connectivity index (χ4n) is 0.306. The van der Waals surface area contributed by atoms with Crippen molar-refractivity contribution >= 4 is 22.6 Å². The molecule has 58 valence electrons. The van der Waals surface area contributed by atoms with Crippen LogP contribution >= 0.6 is 11.8 Å². The molecule has 2 N–H and O–H groups in total. The summed E-state index contributed by atoms with van der Waals surface area (Å²) < 4.78 is 0. The molecule has 0 fully saturated rings. The Hall–Kier alpha value is -0.510. The predicted molar refractivity (Wildman–Crippen MR) is 47.3 cm³/mol. The molecule has 0 saturated carbocycles. The van der Waals surface area contributed by atoms with Gasteiger partial charge < -0.3 is 10.3 Å². The molecule has 10 heavy (non-hydrogen) atoms. The lowest BCUT2D eigenvalue weighted by Gasteiger charge is -2.11. The molecule has 0 atom stereocenters. The summed E-state index contributed by atoms with van der Waals surface area (Å²) in [5.41, 5.74) is 0.608. The van der Waals surface area contributed by atoms with Gasteiger partial charge in [-0.1, -0.05) is 11.8 Å². The second-order valence-electron chi connectivity index (χ2n) is 2.27. The molecule has 0 aliphatic heterocycles. The Kier molecular flexibility index (Phi) is 4.11. The summed E-state index contributed by atoms with van der Waals surface area (Å²) in [6.07, 6.45) is 0. The van der Waals surface area contributed by atoms with Crippen LogP contribution in [0.25, 0.3) is 0 Å². The minimum Gasteiger partial charge on any atom is -0.358 e. The third kappa shape index (κ3) is 4.38. The fourth-order valence-corrected chi connectivity index (χ4v) is 0.917. The molecule has 0 aromatic rings. The van der Waals surface area contributed by atoms with Gasteiger partial charge in [-0.15, -0.1) is 0 Å². The first kappa shape index (κ1) is 9.49. The summed E-state index contributed by atoms with van der Waals surface area (Å²) in [6, 6.07) is 0. The molecule has 0 aliphatic rings. The number of hydrogen-bond donors (Lipinski definition) is 2. The van der Waals surface area contributed by atoms with Crippen LogP contribution in [0.1, 0.15) is 6.92 Å². The molecule has 0 aromatic heterocycles. The first-order valence-corrected chi connectivity index (χ1v) is 3.95. The SMILES string of the molecule is CC(=N)CSC(=N)N(C)C. The van der Waals surface area contributed by atoms with Crippen molar-refractivity contribution in [1.29, 1.82) is 10.8 Å². The van der Waals surface area contributed by atoms with Crippen molar-refractivity contribution in [3.63, 3.8) is 0 Å². The van der Waals surface area contributed by atoms with Gasteiger partial charge in [0.2, 0.25) is 0 Å². The van der Waals surface area contributed by atoms with Crippen LogP contribution in [0, 0.1) is 10.8 Å². The molecule has 0 aliphatic carbocycles. The molecule has 0 saturated heterocycles. The van der Waals surface area contributed by atoms with Crippen molar-refractivity contribution in [3.8, 4) is 0 Å². The van der Waals surface area contributed by atoms with Crippen LogP contribution in [0.3, 0.4) is 0 Å². The van der Waals surface area contributed by atoms with E-state index in [2.05, 4.69) is 0 Å². The van der Waals surface area contributed by atoms with Crippen molar-refractivity contribution in [2.75, 3.05) is 19.8 Å². The number of amidine groups is 1. The molecule has 3 nitrogen and oxygen atoms in total. The molecule has 0 amide bonds.